The maximum Gasteiger partial charge on any atom is 0.269 e. The average molecular weight is 559 g/mol. The summed E-state index contributed by atoms with van der Waals surface area (Å²) in [5, 5.41) is 11.9. The van der Waals surface area contributed by atoms with Gasteiger partial charge in [0.15, 0.2) is 17.3 Å². The number of non-ortho nitro benzene ring substituents is 1. The van der Waals surface area contributed by atoms with Crippen molar-refractivity contribution in [1.29, 1.82) is 0 Å². The molecule has 0 saturated carbocycles. The van der Waals surface area contributed by atoms with Crippen molar-refractivity contribution in [3.63, 3.8) is 0 Å². The Hall–Kier alpha value is -5.24. The summed E-state index contributed by atoms with van der Waals surface area (Å²) in [6.45, 7) is 1.90. The van der Waals surface area contributed by atoms with Crippen molar-refractivity contribution in [3.8, 4) is 0 Å². The number of aryl methyl sites for hydroxylation is 1. The Morgan fingerprint density at radius 2 is 1.60 bits per heavy atom. The van der Waals surface area contributed by atoms with E-state index in [1.54, 1.807) is 77.7 Å². The van der Waals surface area contributed by atoms with Crippen LogP contribution in [0.15, 0.2) is 97.1 Å². The number of nitro groups is 1. The van der Waals surface area contributed by atoms with Crippen molar-refractivity contribution in [2.75, 3.05) is 4.90 Å². The van der Waals surface area contributed by atoms with E-state index in [2.05, 4.69) is 0 Å². The summed E-state index contributed by atoms with van der Waals surface area (Å²) in [4.78, 5) is 56.9. The first-order chi connectivity index (χ1) is 20.2. The highest BCUT2D eigenvalue weighted by Crippen LogP contribution is 2.61. The molecule has 7 nitrogen and oxygen atoms in total. The van der Waals surface area contributed by atoms with Crippen LogP contribution >= 0.6 is 0 Å². The van der Waals surface area contributed by atoms with Crippen LogP contribution in [-0.2, 0) is 0 Å². The van der Waals surface area contributed by atoms with Crippen molar-refractivity contribution < 1.29 is 23.7 Å². The maximum absolute atomic E-state index is 14.6. The standard InChI is InChI=1S/C34H23FN2O5/c1-19-9-11-20(12-10-19)31(38)30-29(22-5-4-6-24(18-22)37(41)42)34(32(39)25-7-2-3-8-26(25)33(34)40)28-16-13-21-17-23(35)14-15-27(21)36(28)30/h2-18,28-30H,1H3/t28-,29-,30-/m1/s1. The van der Waals surface area contributed by atoms with Gasteiger partial charge in [-0.05, 0) is 30.7 Å². The number of hydrogen-bond acceptors (Lipinski definition) is 6. The second-order valence-electron chi connectivity index (χ2n) is 11.0. The van der Waals surface area contributed by atoms with E-state index < -0.39 is 45.7 Å². The highest BCUT2D eigenvalue weighted by molar-refractivity contribution is 6.32. The Bertz CT molecular complexity index is 1840. The lowest BCUT2D eigenvalue weighted by Gasteiger charge is -2.37. The molecule has 2 aliphatic heterocycles. The van der Waals surface area contributed by atoms with Crippen molar-refractivity contribution >= 4 is 34.8 Å². The molecule has 0 N–H and O–H groups in total. The summed E-state index contributed by atoms with van der Waals surface area (Å²) in [6.07, 6.45) is 3.37. The molecule has 7 rings (SSSR count). The van der Waals surface area contributed by atoms with Crippen LogP contribution in [0.5, 0.6) is 0 Å². The van der Waals surface area contributed by atoms with Crippen LogP contribution in [0.25, 0.3) is 6.08 Å². The van der Waals surface area contributed by atoms with E-state index in [1.807, 2.05) is 6.92 Å². The van der Waals surface area contributed by atoms with Gasteiger partial charge in [-0.15, -0.1) is 0 Å². The lowest BCUT2D eigenvalue weighted by Crippen LogP contribution is -2.48. The SMILES string of the molecule is Cc1ccc(C(=O)[C@H]2[C@@H](c3cccc([N+](=O)[O-])c3)C3(C(=O)c4ccccc4C3=O)[C@H]3C=Cc4cc(F)ccc4N23)cc1. The van der Waals surface area contributed by atoms with Crippen LogP contribution in [0.3, 0.4) is 0 Å². The second kappa shape index (κ2) is 9.14. The molecule has 1 spiro atoms. The molecule has 1 fully saturated rings. The molecule has 0 unspecified atom stereocenters. The predicted molar refractivity (Wildman–Crippen MR) is 154 cm³/mol. The number of carbonyl (C=O) groups excluding carboxylic acids is 3. The fourth-order valence-electron chi connectivity index (χ4n) is 7.04. The van der Waals surface area contributed by atoms with E-state index in [9.17, 15) is 28.9 Å². The third-order valence-electron chi connectivity index (χ3n) is 8.81. The molecule has 0 bridgehead atoms. The summed E-state index contributed by atoms with van der Waals surface area (Å²) in [5.41, 5.74) is 1.12. The molecule has 4 aromatic carbocycles. The Kier molecular flexibility index (Phi) is 5.59. The van der Waals surface area contributed by atoms with Gasteiger partial charge in [0.1, 0.15) is 17.3 Å². The monoisotopic (exact) mass is 558 g/mol. The number of ketones is 3. The Morgan fingerprint density at radius 3 is 2.26 bits per heavy atom. The van der Waals surface area contributed by atoms with E-state index in [4.69, 9.17) is 0 Å². The normalized spacial score (nSPS) is 21.3. The number of nitrogens with zero attached hydrogens (tertiary/aromatic N) is 2. The zero-order chi connectivity index (χ0) is 29.3. The Balaban J connectivity index is 1.56. The molecule has 0 amide bonds. The lowest BCUT2D eigenvalue weighted by molar-refractivity contribution is -0.384. The third-order valence-corrected chi connectivity index (χ3v) is 8.81. The molecule has 3 atom stereocenters. The summed E-state index contributed by atoms with van der Waals surface area (Å²) < 4.78 is 14.4. The predicted octanol–water partition coefficient (Wildman–Crippen LogP) is 6.36. The number of hydrogen-bond donors (Lipinski definition) is 0. The minimum absolute atomic E-state index is 0.220. The van der Waals surface area contributed by atoms with Crippen LogP contribution in [0.1, 0.15) is 53.7 Å². The van der Waals surface area contributed by atoms with Gasteiger partial charge in [0.25, 0.3) is 5.69 Å². The highest BCUT2D eigenvalue weighted by atomic mass is 19.1. The quantitative estimate of drug-likeness (QED) is 0.125. The van der Waals surface area contributed by atoms with Gasteiger partial charge in [0.2, 0.25) is 0 Å². The zero-order valence-electron chi connectivity index (χ0n) is 22.4. The molecule has 2 heterocycles. The van der Waals surface area contributed by atoms with Crippen LogP contribution in [0.4, 0.5) is 15.8 Å². The van der Waals surface area contributed by atoms with Crippen molar-refractivity contribution in [2.24, 2.45) is 5.41 Å². The molecule has 0 radical (unpaired) electrons. The number of nitro benzene ring substituents is 1. The van der Waals surface area contributed by atoms with Gasteiger partial charge in [0, 0.05) is 46.0 Å². The molecule has 1 saturated heterocycles. The minimum Gasteiger partial charge on any atom is -0.352 e. The number of fused-ring (bicyclic) bond motifs is 5. The van der Waals surface area contributed by atoms with E-state index in [1.165, 1.54) is 30.3 Å². The smallest absolute Gasteiger partial charge is 0.269 e. The van der Waals surface area contributed by atoms with Gasteiger partial charge in [-0.3, -0.25) is 24.5 Å². The Morgan fingerprint density at radius 1 is 0.905 bits per heavy atom. The van der Waals surface area contributed by atoms with Crippen molar-refractivity contribution in [1.82, 2.24) is 0 Å². The van der Waals surface area contributed by atoms with E-state index in [0.29, 0.717) is 22.4 Å². The highest BCUT2D eigenvalue weighted by Gasteiger charge is 2.71. The largest absolute Gasteiger partial charge is 0.352 e. The minimum atomic E-state index is -1.80. The third kappa shape index (κ3) is 3.41. The van der Waals surface area contributed by atoms with Crippen molar-refractivity contribution in [3.05, 3.63) is 146 Å². The second-order valence-corrected chi connectivity index (χ2v) is 11.0. The number of carbonyl (C=O) groups is 3. The Labute approximate surface area is 240 Å². The van der Waals surface area contributed by atoms with Gasteiger partial charge in [-0.25, -0.2) is 4.39 Å². The molecule has 1 aliphatic carbocycles. The number of anilines is 1. The number of Topliss-reactive ketones (excluding diaryl/α,β-unsaturated/α-hetero) is 3. The number of rotatable bonds is 4. The van der Waals surface area contributed by atoms with Gasteiger partial charge in [-0.1, -0.05) is 78.4 Å². The van der Waals surface area contributed by atoms with Crippen molar-refractivity contribution in [2.45, 2.75) is 24.9 Å². The molecule has 206 valence electrons. The fourth-order valence-corrected chi connectivity index (χ4v) is 7.04. The number of benzene rings is 4. The fraction of sp³-hybridized carbons (Fsp3) is 0.147. The van der Waals surface area contributed by atoms with Crippen LogP contribution < -0.4 is 4.90 Å². The van der Waals surface area contributed by atoms with Gasteiger partial charge >= 0.3 is 0 Å². The lowest BCUT2D eigenvalue weighted by atomic mass is 9.64. The number of halogens is 1. The summed E-state index contributed by atoms with van der Waals surface area (Å²) in [7, 11) is 0. The topological polar surface area (TPSA) is 97.6 Å². The van der Waals surface area contributed by atoms with Crippen LogP contribution in [-0.4, -0.2) is 34.4 Å². The van der Waals surface area contributed by atoms with Gasteiger partial charge in [0.05, 0.1) is 11.0 Å². The van der Waals surface area contributed by atoms with E-state index in [-0.39, 0.29) is 22.6 Å². The first-order valence-corrected chi connectivity index (χ1v) is 13.5. The maximum atomic E-state index is 14.6. The molecule has 42 heavy (non-hydrogen) atoms. The van der Waals surface area contributed by atoms with E-state index >= 15 is 0 Å². The summed E-state index contributed by atoms with van der Waals surface area (Å²) in [6, 6.07) is 21.5. The summed E-state index contributed by atoms with van der Waals surface area (Å²) in [5.74, 6) is -2.80. The molecular formula is C34H23FN2O5. The average Bonchev–Trinajstić information content (AvgIpc) is 3.43. The molecule has 3 aliphatic rings. The first-order valence-electron chi connectivity index (χ1n) is 13.5. The van der Waals surface area contributed by atoms with E-state index in [0.717, 1.165) is 5.56 Å². The van der Waals surface area contributed by atoms with Gasteiger partial charge < -0.3 is 4.90 Å². The molecule has 0 aromatic heterocycles. The first kappa shape index (κ1) is 25.7. The molecule has 4 aromatic rings. The zero-order valence-corrected chi connectivity index (χ0v) is 22.4. The van der Waals surface area contributed by atoms with Crippen LogP contribution in [0, 0.1) is 28.3 Å². The molecule has 8 heteroatoms. The summed E-state index contributed by atoms with van der Waals surface area (Å²) >= 11 is 0. The van der Waals surface area contributed by atoms with Crippen LogP contribution in [0.2, 0.25) is 0 Å². The van der Waals surface area contributed by atoms with Gasteiger partial charge in [-0.2, -0.15) is 0 Å². The molecular weight excluding hydrogens is 535 g/mol.